The molecule has 0 saturated carbocycles. The number of carbonyl (C=O) groups excluding carboxylic acids is 2. The Hall–Kier alpha value is -3.67. The van der Waals surface area contributed by atoms with Gasteiger partial charge in [0.2, 0.25) is 5.91 Å². The van der Waals surface area contributed by atoms with Crippen LogP contribution in [0.5, 0.6) is 0 Å². The van der Waals surface area contributed by atoms with E-state index >= 15 is 0 Å². The molecule has 0 aliphatic rings. The largest absolute Gasteiger partial charge is 0.350 e. The normalized spacial score (nSPS) is 10.7. The maximum Gasteiger partial charge on any atom is 0.273 e. The molecule has 3 rings (SSSR count). The van der Waals surface area contributed by atoms with E-state index < -0.39 is 0 Å². The second kappa shape index (κ2) is 9.15. The van der Waals surface area contributed by atoms with Crippen molar-refractivity contribution in [2.24, 2.45) is 0 Å². The van der Waals surface area contributed by atoms with Gasteiger partial charge < -0.3 is 10.6 Å². The van der Waals surface area contributed by atoms with E-state index in [9.17, 15) is 9.59 Å². The van der Waals surface area contributed by atoms with Crippen LogP contribution in [0.2, 0.25) is 0 Å². The number of hydrogen-bond donors (Lipinski definition) is 3. The van der Waals surface area contributed by atoms with Gasteiger partial charge >= 0.3 is 0 Å². The number of nitrogens with one attached hydrogen (secondary N) is 3. The van der Waals surface area contributed by atoms with E-state index in [1.807, 2.05) is 60.7 Å². The van der Waals surface area contributed by atoms with Crippen molar-refractivity contribution in [3.05, 3.63) is 89.8 Å². The molecule has 1 heterocycles. The zero-order valence-corrected chi connectivity index (χ0v) is 14.7. The maximum absolute atomic E-state index is 12.3. The average Bonchev–Trinajstić information content (AvgIpc) is 3.16. The highest BCUT2D eigenvalue weighted by Gasteiger charge is 2.15. The summed E-state index contributed by atoms with van der Waals surface area (Å²) < 4.78 is 0. The molecule has 0 fully saturated rings. The van der Waals surface area contributed by atoms with Gasteiger partial charge in [0.05, 0.1) is 5.69 Å². The third kappa shape index (κ3) is 5.40. The summed E-state index contributed by atoms with van der Waals surface area (Å²) in [5.41, 5.74) is 2.55. The Bertz CT molecular complexity index is 918. The van der Waals surface area contributed by atoms with Crippen molar-refractivity contribution in [3.8, 4) is 0 Å². The lowest BCUT2D eigenvalue weighted by atomic mass is 10.1. The van der Waals surface area contributed by atoms with Crippen molar-refractivity contribution in [2.45, 2.75) is 6.42 Å². The molecule has 0 radical (unpaired) electrons. The van der Waals surface area contributed by atoms with Crippen LogP contribution >= 0.6 is 0 Å². The Morgan fingerprint density at radius 1 is 1.00 bits per heavy atom. The van der Waals surface area contributed by atoms with Gasteiger partial charge in [-0.1, -0.05) is 60.7 Å². The minimum atomic E-state index is -0.338. The van der Waals surface area contributed by atoms with Gasteiger partial charge in [-0.3, -0.25) is 14.7 Å². The number of nitrogens with zero attached hydrogens (tertiary/aromatic N) is 1. The zero-order chi connectivity index (χ0) is 18.9. The molecule has 0 unspecified atom stereocenters. The molecule has 3 aromatic rings. The fourth-order valence-electron chi connectivity index (χ4n) is 2.52. The summed E-state index contributed by atoms with van der Waals surface area (Å²) in [5, 5.41) is 12.0. The van der Waals surface area contributed by atoms with Gasteiger partial charge in [-0.05, 0) is 23.6 Å². The molecule has 3 N–H and O–H groups in total. The van der Waals surface area contributed by atoms with E-state index in [4.69, 9.17) is 0 Å². The van der Waals surface area contributed by atoms with Gasteiger partial charge in [-0.2, -0.15) is 5.10 Å². The molecule has 27 heavy (non-hydrogen) atoms. The fourth-order valence-corrected chi connectivity index (χ4v) is 2.52. The third-order valence-corrected chi connectivity index (χ3v) is 3.88. The first-order chi connectivity index (χ1) is 13.2. The van der Waals surface area contributed by atoms with Gasteiger partial charge in [0.1, 0.15) is 0 Å². The molecule has 0 spiro atoms. The highest BCUT2D eigenvalue weighted by molar-refractivity contribution is 6.06. The summed E-state index contributed by atoms with van der Waals surface area (Å²) >= 11 is 0. The second-order valence-electron chi connectivity index (χ2n) is 5.87. The Balaban J connectivity index is 1.54. The Morgan fingerprint density at radius 2 is 1.70 bits per heavy atom. The minimum Gasteiger partial charge on any atom is -0.350 e. The summed E-state index contributed by atoms with van der Waals surface area (Å²) in [6, 6.07) is 19.4. The number of aromatic amines is 1. The lowest BCUT2D eigenvalue weighted by Crippen LogP contribution is -2.27. The summed E-state index contributed by atoms with van der Waals surface area (Å²) in [6.07, 6.45) is 5.33. The molecule has 0 bridgehead atoms. The van der Waals surface area contributed by atoms with E-state index in [1.165, 1.54) is 12.3 Å². The third-order valence-electron chi connectivity index (χ3n) is 3.88. The molecule has 6 nitrogen and oxygen atoms in total. The molecule has 1 aromatic heterocycles. The van der Waals surface area contributed by atoms with Crippen LogP contribution in [-0.4, -0.2) is 28.6 Å². The first-order valence-electron chi connectivity index (χ1n) is 8.62. The number of amides is 2. The monoisotopic (exact) mass is 360 g/mol. The SMILES string of the molecule is O=C(/C=C/c1ccccc1)Nc1c[nH]nc1C(=O)NCCc1ccccc1. The van der Waals surface area contributed by atoms with E-state index in [0.29, 0.717) is 12.2 Å². The van der Waals surface area contributed by atoms with E-state index in [-0.39, 0.29) is 17.5 Å². The highest BCUT2D eigenvalue weighted by atomic mass is 16.2. The molecule has 2 amide bonds. The lowest BCUT2D eigenvalue weighted by molar-refractivity contribution is -0.111. The van der Waals surface area contributed by atoms with E-state index in [1.54, 1.807) is 6.08 Å². The van der Waals surface area contributed by atoms with E-state index in [2.05, 4.69) is 20.8 Å². The summed E-state index contributed by atoms with van der Waals surface area (Å²) in [7, 11) is 0. The Morgan fingerprint density at radius 3 is 2.44 bits per heavy atom. The quantitative estimate of drug-likeness (QED) is 0.566. The first-order valence-corrected chi connectivity index (χ1v) is 8.62. The van der Waals surface area contributed by atoms with Crippen LogP contribution in [0.25, 0.3) is 6.08 Å². The standard InChI is InChI=1S/C21H20N4O2/c26-19(12-11-16-7-3-1-4-8-16)24-18-15-23-25-20(18)21(27)22-14-13-17-9-5-2-6-10-17/h1-12,15H,13-14H2,(H,22,27)(H,23,25)(H,24,26)/b12-11+. The minimum absolute atomic E-state index is 0.157. The zero-order valence-electron chi connectivity index (χ0n) is 14.7. The molecule has 0 aliphatic carbocycles. The number of H-pyrrole nitrogens is 1. The van der Waals surface area contributed by atoms with Crippen LogP contribution in [0.4, 0.5) is 5.69 Å². The highest BCUT2D eigenvalue weighted by Crippen LogP contribution is 2.12. The van der Waals surface area contributed by atoms with Crippen molar-refractivity contribution in [3.63, 3.8) is 0 Å². The maximum atomic E-state index is 12.3. The first kappa shape index (κ1) is 18.1. The predicted octanol–water partition coefficient (Wildman–Crippen LogP) is 3.03. The lowest BCUT2D eigenvalue weighted by Gasteiger charge is -2.05. The summed E-state index contributed by atoms with van der Waals surface area (Å²) in [6.45, 7) is 0.483. The number of hydrogen-bond acceptors (Lipinski definition) is 3. The predicted molar refractivity (Wildman–Crippen MR) is 105 cm³/mol. The topological polar surface area (TPSA) is 86.9 Å². The Kier molecular flexibility index (Phi) is 6.14. The van der Waals surface area contributed by atoms with Crippen molar-refractivity contribution >= 4 is 23.6 Å². The van der Waals surface area contributed by atoms with Crippen LogP contribution in [0.3, 0.4) is 0 Å². The second-order valence-corrected chi connectivity index (χ2v) is 5.87. The van der Waals surface area contributed by atoms with Crippen LogP contribution in [0, 0.1) is 0 Å². The van der Waals surface area contributed by atoms with Gasteiger partial charge in [0.15, 0.2) is 5.69 Å². The van der Waals surface area contributed by atoms with Crippen LogP contribution < -0.4 is 10.6 Å². The smallest absolute Gasteiger partial charge is 0.273 e. The van der Waals surface area contributed by atoms with Crippen LogP contribution in [0.1, 0.15) is 21.6 Å². The molecule has 0 aliphatic heterocycles. The van der Waals surface area contributed by atoms with Gasteiger partial charge in [-0.25, -0.2) is 0 Å². The average molecular weight is 360 g/mol. The number of carbonyl (C=O) groups is 2. The van der Waals surface area contributed by atoms with Gasteiger partial charge in [-0.15, -0.1) is 0 Å². The van der Waals surface area contributed by atoms with Crippen molar-refractivity contribution in [1.82, 2.24) is 15.5 Å². The molecular weight excluding hydrogens is 340 g/mol. The molecular formula is C21H20N4O2. The van der Waals surface area contributed by atoms with Crippen molar-refractivity contribution in [2.75, 3.05) is 11.9 Å². The molecule has 0 atom stereocenters. The number of benzene rings is 2. The Labute approximate surface area is 157 Å². The van der Waals surface area contributed by atoms with Crippen molar-refractivity contribution in [1.29, 1.82) is 0 Å². The van der Waals surface area contributed by atoms with Crippen LogP contribution in [-0.2, 0) is 11.2 Å². The number of anilines is 1. The molecule has 136 valence electrons. The molecule has 0 saturated heterocycles. The summed E-state index contributed by atoms with van der Waals surface area (Å²) in [4.78, 5) is 24.4. The fraction of sp³-hybridized carbons (Fsp3) is 0.0952. The number of aromatic nitrogens is 2. The van der Waals surface area contributed by atoms with Gasteiger partial charge in [0, 0.05) is 18.8 Å². The van der Waals surface area contributed by atoms with Crippen molar-refractivity contribution < 1.29 is 9.59 Å². The summed E-state index contributed by atoms with van der Waals surface area (Å²) in [5.74, 6) is -0.673. The molecule has 2 aromatic carbocycles. The van der Waals surface area contributed by atoms with Crippen LogP contribution in [0.15, 0.2) is 72.9 Å². The van der Waals surface area contributed by atoms with E-state index in [0.717, 1.165) is 17.5 Å². The number of rotatable bonds is 7. The van der Waals surface area contributed by atoms with Gasteiger partial charge in [0.25, 0.3) is 5.91 Å². The molecule has 6 heteroatoms.